The van der Waals surface area contributed by atoms with Crippen LogP contribution in [0.2, 0.25) is 5.02 Å². The van der Waals surface area contributed by atoms with E-state index in [4.69, 9.17) is 21.1 Å². The molecule has 4 nitrogen and oxygen atoms in total. The van der Waals surface area contributed by atoms with Crippen molar-refractivity contribution < 1.29 is 9.47 Å². The molecule has 0 aliphatic carbocycles. The molecule has 23 heavy (non-hydrogen) atoms. The lowest BCUT2D eigenvalue weighted by Crippen LogP contribution is -2.31. The molecule has 3 rings (SSSR count). The van der Waals surface area contributed by atoms with Crippen LogP contribution in [0.25, 0.3) is 0 Å². The predicted molar refractivity (Wildman–Crippen MR) is 91.7 cm³/mol. The first-order valence-electron chi connectivity index (χ1n) is 7.93. The highest BCUT2D eigenvalue weighted by atomic mass is 35.5. The Bertz CT molecular complexity index is 628. The summed E-state index contributed by atoms with van der Waals surface area (Å²) in [4.78, 5) is 4.27. The minimum Gasteiger partial charge on any atom is -0.383 e. The highest BCUT2D eigenvalue weighted by Crippen LogP contribution is 2.27. The smallest absolute Gasteiger partial charge is 0.183 e. The molecule has 0 unspecified atom stereocenters. The fourth-order valence-electron chi connectivity index (χ4n) is 2.59. The quantitative estimate of drug-likeness (QED) is 0.896. The monoisotopic (exact) mass is 332 g/mol. The first-order valence-corrected chi connectivity index (χ1v) is 8.31. The number of anilines is 1. The molecule has 1 aromatic carbocycles. The first kappa shape index (κ1) is 16.2. The summed E-state index contributed by atoms with van der Waals surface area (Å²) in [5.41, 5.74) is 2.89. The Morgan fingerprint density at radius 2 is 1.91 bits per heavy atom. The zero-order valence-electron chi connectivity index (χ0n) is 13.2. The highest BCUT2D eigenvalue weighted by molar-refractivity contribution is 6.33. The molecule has 0 spiro atoms. The fraction of sp³-hybridized carbons (Fsp3) is 0.389. The SMILES string of the molecule is CCc1nccc(NCC2COC(c3ccccc3)OC2)c1Cl. The van der Waals surface area contributed by atoms with Crippen molar-refractivity contribution >= 4 is 17.3 Å². The van der Waals surface area contributed by atoms with E-state index in [1.54, 1.807) is 6.20 Å². The number of nitrogens with one attached hydrogen (secondary N) is 1. The zero-order valence-corrected chi connectivity index (χ0v) is 13.9. The van der Waals surface area contributed by atoms with E-state index in [1.807, 2.05) is 43.3 Å². The summed E-state index contributed by atoms with van der Waals surface area (Å²) >= 11 is 6.34. The molecule has 0 saturated carbocycles. The van der Waals surface area contributed by atoms with Crippen LogP contribution in [0.1, 0.15) is 24.5 Å². The Hall–Kier alpha value is -1.62. The molecule has 122 valence electrons. The molecule has 1 aromatic heterocycles. The van der Waals surface area contributed by atoms with Gasteiger partial charge in [-0.05, 0) is 12.5 Å². The van der Waals surface area contributed by atoms with E-state index in [1.165, 1.54) is 0 Å². The number of pyridine rings is 1. The number of nitrogens with zero attached hydrogens (tertiary/aromatic N) is 1. The number of ether oxygens (including phenoxy) is 2. The van der Waals surface area contributed by atoms with Crippen LogP contribution in [0.15, 0.2) is 42.6 Å². The maximum Gasteiger partial charge on any atom is 0.183 e. The molecule has 0 bridgehead atoms. The van der Waals surface area contributed by atoms with Gasteiger partial charge in [-0.2, -0.15) is 0 Å². The first-order chi connectivity index (χ1) is 11.3. The van der Waals surface area contributed by atoms with Crippen molar-refractivity contribution in [3.8, 4) is 0 Å². The van der Waals surface area contributed by atoms with Crippen LogP contribution in [0.5, 0.6) is 0 Å². The second-order valence-corrected chi connectivity index (χ2v) is 6.01. The Morgan fingerprint density at radius 1 is 1.17 bits per heavy atom. The second kappa shape index (κ2) is 7.77. The summed E-state index contributed by atoms with van der Waals surface area (Å²) in [5.74, 6) is 0.296. The van der Waals surface area contributed by atoms with E-state index >= 15 is 0 Å². The topological polar surface area (TPSA) is 43.4 Å². The summed E-state index contributed by atoms with van der Waals surface area (Å²) in [5, 5.41) is 4.08. The lowest BCUT2D eigenvalue weighted by atomic mass is 10.1. The van der Waals surface area contributed by atoms with Gasteiger partial charge in [-0.15, -0.1) is 0 Å². The third kappa shape index (κ3) is 4.02. The number of aryl methyl sites for hydroxylation is 1. The lowest BCUT2D eigenvalue weighted by Gasteiger charge is -2.30. The van der Waals surface area contributed by atoms with Gasteiger partial charge in [-0.1, -0.05) is 48.9 Å². The number of rotatable bonds is 5. The van der Waals surface area contributed by atoms with Gasteiger partial charge in [0.05, 0.1) is 29.6 Å². The Kier molecular flexibility index (Phi) is 5.49. The molecule has 5 heteroatoms. The Balaban J connectivity index is 1.52. The summed E-state index contributed by atoms with van der Waals surface area (Å²) in [6.45, 7) is 4.13. The second-order valence-electron chi connectivity index (χ2n) is 5.63. The molecule has 0 radical (unpaired) electrons. The van der Waals surface area contributed by atoms with Crippen molar-refractivity contribution in [1.29, 1.82) is 0 Å². The van der Waals surface area contributed by atoms with E-state index in [9.17, 15) is 0 Å². The number of hydrogen-bond acceptors (Lipinski definition) is 4. The summed E-state index contributed by atoms with van der Waals surface area (Å²) in [7, 11) is 0. The van der Waals surface area contributed by atoms with Crippen molar-refractivity contribution in [3.05, 3.63) is 58.9 Å². The molecular formula is C18H21ClN2O2. The number of aromatic nitrogens is 1. The number of benzene rings is 1. The summed E-state index contributed by atoms with van der Waals surface area (Å²) in [6, 6.07) is 11.9. The fourth-order valence-corrected chi connectivity index (χ4v) is 2.90. The number of hydrogen-bond donors (Lipinski definition) is 1. The lowest BCUT2D eigenvalue weighted by molar-refractivity contribution is -0.202. The largest absolute Gasteiger partial charge is 0.383 e. The van der Waals surface area contributed by atoms with Crippen LogP contribution >= 0.6 is 11.6 Å². The molecule has 0 atom stereocenters. The Morgan fingerprint density at radius 3 is 2.61 bits per heavy atom. The Labute approximate surface area is 141 Å². The van der Waals surface area contributed by atoms with Crippen LogP contribution in [0.3, 0.4) is 0 Å². The summed E-state index contributed by atoms with van der Waals surface area (Å²) in [6.07, 6.45) is 2.35. The molecule has 2 aromatic rings. The van der Waals surface area contributed by atoms with E-state index in [0.29, 0.717) is 24.2 Å². The van der Waals surface area contributed by atoms with Gasteiger partial charge in [0.25, 0.3) is 0 Å². The summed E-state index contributed by atoms with van der Waals surface area (Å²) < 4.78 is 11.7. The standard InChI is InChI=1S/C18H21ClN2O2/c1-2-15-17(19)16(8-9-20-15)21-10-13-11-22-18(23-12-13)14-6-4-3-5-7-14/h3-9,13,18H,2,10-12H2,1H3,(H,20,21). The molecule has 0 amide bonds. The maximum absolute atomic E-state index is 6.34. The van der Waals surface area contributed by atoms with Gasteiger partial charge in [-0.3, -0.25) is 4.98 Å². The van der Waals surface area contributed by atoms with Gasteiger partial charge in [0.1, 0.15) is 0 Å². The average Bonchev–Trinajstić information content (AvgIpc) is 2.62. The minimum atomic E-state index is -0.261. The normalized spacial score (nSPS) is 21.1. The van der Waals surface area contributed by atoms with Crippen LogP contribution < -0.4 is 5.32 Å². The van der Waals surface area contributed by atoms with Crippen molar-refractivity contribution in [2.24, 2.45) is 5.92 Å². The van der Waals surface area contributed by atoms with Crippen LogP contribution in [0, 0.1) is 5.92 Å². The van der Waals surface area contributed by atoms with E-state index in [2.05, 4.69) is 10.3 Å². The third-order valence-electron chi connectivity index (χ3n) is 3.92. The predicted octanol–water partition coefficient (Wildman–Crippen LogP) is 4.07. The molecule has 1 aliphatic rings. The van der Waals surface area contributed by atoms with Gasteiger partial charge >= 0.3 is 0 Å². The van der Waals surface area contributed by atoms with Crippen molar-refractivity contribution in [1.82, 2.24) is 4.98 Å². The molecule has 1 saturated heterocycles. The number of halogens is 1. The maximum atomic E-state index is 6.34. The van der Waals surface area contributed by atoms with Crippen molar-refractivity contribution in [3.63, 3.8) is 0 Å². The van der Waals surface area contributed by atoms with Crippen LogP contribution in [-0.2, 0) is 15.9 Å². The average molecular weight is 333 g/mol. The zero-order chi connectivity index (χ0) is 16.1. The minimum absolute atomic E-state index is 0.261. The third-order valence-corrected chi connectivity index (χ3v) is 4.34. The van der Waals surface area contributed by atoms with Crippen LogP contribution in [-0.4, -0.2) is 24.7 Å². The van der Waals surface area contributed by atoms with E-state index in [0.717, 1.165) is 29.9 Å². The molecule has 2 heterocycles. The molecule has 1 N–H and O–H groups in total. The van der Waals surface area contributed by atoms with Gasteiger partial charge in [0.15, 0.2) is 6.29 Å². The highest BCUT2D eigenvalue weighted by Gasteiger charge is 2.23. The van der Waals surface area contributed by atoms with E-state index in [-0.39, 0.29) is 6.29 Å². The van der Waals surface area contributed by atoms with Crippen molar-refractivity contribution in [2.75, 3.05) is 25.1 Å². The van der Waals surface area contributed by atoms with Crippen LogP contribution in [0.4, 0.5) is 5.69 Å². The van der Waals surface area contributed by atoms with Gasteiger partial charge in [0, 0.05) is 24.2 Å². The molecule has 1 fully saturated rings. The van der Waals surface area contributed by atoms with Gasteiger partial charge in [0.2, 0.25) is 0 Å². The van der Waals surface area contributed by atoms with Crippen molar-refractivity contribution in [2.45, 2.75) is 19.6 Å². The molecular weight excluding hydrogens is 312 g/mol. The van der Waals surface area contributed by atoms with Gasteiger partial charge in [-0.25, -0.2) is 0 Å². The van der Waals surface area contributed by atoms with E-state index < -0.39 is 0 Å². The van der Waals surface area contributed by atoms with Gasteiger partial charge < -0.3 is 14.8 Å². The molecule has 1 aliphatic heterocycles.